The molecule has 18 heavy (non-hydrogen) atoms. The van der Waals surface area contributed by atoms with Gasteiger partial charge in [0.1, 0.15) is 0 Å². The van der Waals surface area contributed by atoms with Crippen LogP contribution in [0.5, 0.6) is 0 Å². The van der Waals surface area contributed by atoms with Crippen LogP contribution in [0, 0.1) is 6.92 Å². The Labute approximate surface area is 109 Å². The van der Waals surface area contributed by atoms with Gasteiger partial charge in [-0.3, -0.25) is 9.69 Å². The molecule has 2 atom stereocenters. The van der Waals surface area contributed by atoms with E-state index in [1.165, 1.54) is 5.56 Å². The van der Waals surface area contributed by atoms with E-state index in [1.54, 1.807) is 0 Å². The highest BCUT2D eigenvalue weighted by atomic mass is 16.5. The normalized spacial score (nSPS) is 25.1. The molecule has 1 aromatic carbocycles. The maximum Gasteiger partial charge on any atom is 0.176 e. The maximum atomic E-state index is 12.2. The number of Topliss-reactive ketones (excluding diaryl/α,β-unsaturated/α-hetero) is 1. The predicted molar refractivity (Wildman–Crippen MR) is 72.0 cm³/mol. The van der Waals surface area contributed by atoms with E-state index < -0.39 is 0 Å². The summed E-state index contributed by atoms with van der Waals surface area (Å²) in [5.74, 6) is 0.191. The second-order valence-electron chi connectivity index (χ2n) is 5.24. The van der Waals surface area contributed by atoms with Gasteiger partial charge in [0.05, 0.1) is 18.8 Å². The number of morpholine rings is 1. The quantitative estimate of drug-likeness (QED) is 0.767. The summed E-state index contributed by atoms with van der Waals surface area (Å²) in [5.41, 5.74) is 1.98. The smallest absolute Gasteiger partial charge is 0.176 e. The third-order valence-corrected chi connectivity index (χ3v) is 3.24. The summed E-state index contributed by atoms with van der Waals surface area (Å²) in [7, 11) is 0. The van der Waals surface area contributed by atoms with Gasteiger partial charge >= 0.3 is 0 Å². The van der Waals surface area contributed by atoms with Gasteiger partial charge in [0.2, 0.25) is 0 Å². The van der Waals surface area contributed by atoms with Crippen molar-refractivity contribution in [3.63, 3.8) is 0 Å². The molecule has 1 heterocycles. The number of ether oxygens (including phenoxy) is 1. The molecule has 0 aromatic heterocycles. The zero-order chi connectivity index (χ0) is 13.1. The number of aryl methyl sites for hydroxylation is 1. The standard InChI is InChI=1S/C15H21NO2/c1-11-4-6-14(7-5-11)15(17)10-16-8-12(2)18-13(3)9-16/h4-7,12-13H,8-10H2,1-3H3/t12-,13-/m0/s1. The predicted octanol–water partition coefficient (Wildman–Crippen LogP) is 2.29. The van der Waals surface area contributed by atoms with Crippen molar-refractivity contribution in [3.05, 3.63) is 35.4 Å². The molecule has 98 valence electrons. The Morgan fingerprint density at radius 1 is 1.22 bits per heavy atom. The topological polar surface area (TPSA) is 29.5 Å². The molecule has 0 aliphatic carbocycles. The molecule has 1 aliphatic rings. The van der Waals surface area contributed by atoms with Crippen molar-refractivity contribution in [2.45, 2.75) is 33.0 Å². The van der Waals surface area contributed by atoms with Crippen LogP contribution in [0.2, 0.25) is 0 Å². The number of ketones is 1. The fraction of sp³-hybridized carbons (Fsp3) is 0.533. The highest BCUT2D eigenvalue weighted by Crippen LogP contribution is 2.12. The molecular weight excluding hydrogens is 226 g/mol. The van der Waals surface area contributed by atoms with E-state index in [1.807, 2.05) is 31.2 Å². The lowest BCUT2D eigenvalue weighted by Crippen LogP contribution is -2.47. The van der Waals surface area contributed by atoms with Crippen molar-refractivity contribution >= 4 is 5.78 Å². The van der Waals surface area contributed by atoms with Crippen LogP contribution >= 0.6 is 0 Å². The Morgan fingerprint density at radius 3 is 2.33 bits per heavy atom. The third kappa shape index (κ3) is 3.40. The number of hydrogen-bond donors (Lipinski definition) is 0. The lowest BCUT2D eigenvalue weighted by atomic mass is 10.1. The number of benzene rings is 1. The minimum atomic E-state index is 0.191. The summed E-state index contributed by atoms with van der Waals surface area (Å²) >= 11 is 0. The molecular formula is C15H21NO2. The van der Waals surface area contributed by atoms with Gasteiger partial charge in [-0.05, 0) is 20.8 Å². The third-order valence-electron chi connectivity index (χ3n) is 3.24. The van der Waals surface area contributed by atoms with Crippen molar-refractivity contribution in [1.82, 2.24) is 4.90 Å². The molecule has 0 bridgehead atoms. The van der Waals surface area contributed by atoms with Crippen LogP contribution in [-0.4, -0.2) is 42.5 Å². The van der Waals surface area contributed by atoms with Gasteiger partial charge in [0.25, 0.3) is 0 Å². The first-order valence-electron chi connectivity index (χ1n) is 6.52. The van der Waals surface area contributed by atoms with Crippen LogP contribution < -0.4 is 0 Å². The van der Waals surface area contributed by atoms with Crippen molar-refractivity contribution < 1.29 is 9.53 Å². The number of carbonyl (C=O) groups excluding carboxylic acids is 1. The van der Waals surface area contributed by atoms with Crippen LogP contribution in [0.15, 0.2) is 24.3 Å². The highest BCUT2D eigenvalue weighted by molar-refractivity contribution is 5.97. The van der Waals surface area contributed by atoms with Crippen LogP contribution in [0.4, 0.5) is 0 Å². The Bertz CT molecular complexity index is 403. The molecule has 0 unspecified atom stereocenters. The van der Waals surface area contributed by atoms with Crippen LogP contribution in [0.25, 0.3) is 0 Å². The Balaban J connectivity index is 1.96. The van der Waals surface area contributed by atoms with Gasteiger partial charge < -0.3 is 4.74 Å². The van der Waals surface area contributed by atoms with E-state index >= 15 is 0 Å². The van der Waals surface area contributed by atoms with E-state index in [2.05, 4.69) is 18.7 Å². The SMILES string of the molecule is Cc1ccc(C(=O)CN2C[C@H](C)O[C@@H](C)C2)cc1. The molecule has 0 N–H and O–H groups in total. The summed E-state index contributed by atoms with van der Waals surface area (Å²) < 4.78 is 5.67. The molecule has 2 rings (SSSR count). The number of hydrogen-bond acceptors (Lipinski definition) is 3. The zero-order valence-corrected chi connectivity index (χ0v) is 11.3. The van der Waals surface area contributed by atoms with E-state index in [9.17, 15) is 4.79 Å². The second-order valence-corrected chi connectivity index (χ2v) is 5.24. The number of rotatable bonds is 3. The fourth-order valence-electron chi connectivity index (χ4n) is 2.45. The van der Waals surface area contributed by atoms with Gasteiger partial charge in [-0.2, -0.15) is 0 Å². The highest BCUT2D eigenvalue weighted by Gasteiger charge is 2.23. The number of carbonyl (C=O) groups is 1. The van der Waals surface area contributed by atoms with E-state index in [4.69, 9.17) is 4.74 Å². The fourth-order valence-corrected chi connectivity index (χ4v) is 2.45. The molecule has 1 fully saturated rings. The van der Waals surface area contributed by atoms with Gasteiger partial charge in [-0.15, -0.1) is 0 Å². The molecule has 0 saturated carbocycles. The average molecular weight is 247 g/mol. The van der Waals surface area contributed by atoms with Crippen molar-refractivity contribution in [2.75, 3.05) is 19.6 Å². The lowest BCUT2D eigenvalue weighted by molar-refractivity contribution is -0.0652. The largest absolute Gasteiger partial charge is 0.373 e. The Hall–Kier alpha value is -1.19. The molecule has 0 amide bonds. The van der Waals surface area contributed by atoms with Crippen LogP contribution in [-0.2, 0) is 4.74 Å². The Kier molecular flexibility index (Phi) is 4.15. The van der Waals surface area contributed by atoms with E-state index in [0.717, 1.165) is 18.7 Å². The molecule has 1 aromatic rings. The summed E-state index contributed by atoms with van der Waals surface area (Å²) in [6.45, 7) is 8.29. The minimum Gasteiger partial charge on any atom is -0.373 e. The molecule has 1 saturated heterocycles. The molecule has 3 nitrogen and oxygen atoms in total. The Morgan fingerprint density at radius 2 is 1.78 bits per heavy atom. The number of nitrogens with zero attached hydrogens (tertiary/aromatic N) is 1. The molecule has 1 aliphatic heterocycles. The average Bonchev–Trinajstić information content (AvgIpc) is 2.28. The van der Waals surface area contributed by atoms with Crippen molar-refractivity contribution in [3.8, 4) is 0 Å². The molecule has 3 heteroatoms. The monoisotopic (exact) mass is 247 g/mol. The summed E-state index contributed by atoms with van der Waals surface area (Å²) in [6, 6.07) is 7.78. The minimum absolute atomic E-state index is 0.191. The summed E-state index contributed by atoms with van der Waals surface area (Å²) in [6.07, 6.45) is 0.416. The van der Waals surface area contributed by atoms with Gasteiger partial charge in [-0.25, -0.2) is 0 Å². The maximum absolute atomic E-state index is 12.2. The van der Waals surface area contributed by atoms with Gasteiger partial charge in [0.15, 0.2) is 5.78 Å². The molecule has 0 spiro atoms. The van der Waals surface area contributed by atoms with E-state index in [-0.39, 0.29) is 18.0 Å². The molecule has 0 radical (unpaired) electrons. The first-order chi connectivity index (χ1) is 8.54. The van der Waals surface area contributed by atoms with Gasteiger partial charge in [-0.1, -0.05) is 29.8 Å². The zero-order valence-electron chi connectivity index (χ0n) is 11.3. The van der Waals surface area contributed by atoms with Crippen molar-refractivity contribution in [2.24, 2.45) is 0 Å². The second kappa shape index (κ2) is 5.63. The lowest BCUT2D eigenvalue weighted by Gasteiger charge is -2.34. The van der Waals surface area contributed by atoms with Crippen LogP contribution in [0.1, 0.15) is 29.8 Å². The van der Waals surface area contributed by atoms with Gasteiger partial charge in [0, 0.05) is 18.7 Å². The first-order valence-corrected chi connectivity index (χ1v) is 6.52. The summed E-state index contributed by atoms with van der Waals surface area (Å²) in [5, 5.41) is 0. The first kappa shape index (κ1) is 13.2. The van der Waals surface area contributed by atoms with Crippen molar-refractivity contribution in [1.29, 1.82) is 0 Å². The van der Waals surface area contributed by atoms with E-state index in [0.29, 0.717) is 6.54 Å². The van der Waals surface area contributed by atoms with Crippen LogP contribution in [0.3, 0.4) is 0 Å². The summed E-state index contributed by atoms with van der Waals surface area (Å²) in [4.78, 5) is 14.3.